The van der Waals surface area contributed by atoms with Gasteiger partial charge in [-0.25, -0.2) is 0 Å². The van der Waals surface area contributed by atoms with Crippen molar-refractivity contribution in [3.05, 3.63) is 35.5 Å². The van der Waals surface area contributed by atoms with Gasteiger partial charge >= 0.3 is 12.4 Å². The van der Waals surface area contributed by atoms with E-state index in [2.05, 4.69) is 6.58 Å². The molecule has 0 radical (unpaired) electrons. The first kappa shape index (κ1) is 15.8. The molecule has 0 N–H and O–H groups in total. The summed E-state index contributed by atoms with van der Waals surface area (Å²) in [5.74, 6) is 0. The molecule has 0 aromatic rings. The van der Waals surface area contributed by atoms with Gasteiger partial charge in [-0.2, -0.15) is 26.3 Å². The van der Waals surface area contributed by atoms with Crippen molar-refractivity contribution in [3.63, 3.8) is 0 Å². The smallest absolute Gasteiger partial charge is 0.166 e. The van der Waals surface area contributed by atoms with Gasteiger partial charge in [0.25, 0.3) is 0 Å². The average Bonchev–Trinajstić information content (AvgIpc) is 2.13. The van der Waals surface area contributed by atoms with Crippen molar-refractivity contribution in [2.45, 2.75) is 32.6 Å². The molecular weight excluding hydrogens is 246 g/mol. The fourth-order valence-electron chi connectivity index (χ4n) is 0.842. The second-order valence-electron chi connectivity index (χ2n) is 3.46. The number of hydrogen-bond donors (Lipinski definition) is 0. The monoisotopic (exact) mass is 258 g/mol. The van der Waals surface area contributed by atoms with E-state index in [1.54, 1.807) is 6.92 Å². The number of hydrogen-bond acceptors (Lipinski definition) is 0. The van der Waals surface area contributed by atoms with Crippen LogP contribution in [-0.4, -0.2) is 12.4 Å². The number of alkyl halides is 6. The molecule has 0 saturated carbocycles. The maximum absolute atomic E-state index is 12.4. The first-order chi connectivity index (χ1) is 7.48. The van der Waals surface area contributed by atoms with Crippen molar-refractivity contribution >= 4 is 0 Å². The van der Waals surface area contributed by atoms with Crippen LogP contribution in [0.3, 0.4) is 0 Å². The maximum Gasteiger partial charge on any atom is 0.416 e. The summed E-state index contributed by atoms with van der Waals surface area (Å²) in [5.41, 5.74) is -2.53. The second-order valence-corrected chi connectivity index (χ2v) is 3.46. The van der Waals surface area contributed by atoms with Crippen molar-refractivity contribution < 1.29 is 26.3 Å². The van der Waals surface area contributed by atoms with Gasteiger partial charge in [-0.15, -0.1) is 0 Å². The summed E-state index contributed by atoms with van der Waals surface area (Å²) in [7, 11) is 0. The summed E-state index contributed by atoms with van der Waals surface area (Å²) in [6.45, 7) is 5.60. The third kappa shape index (κ3) is 5.60. The first-order valence-electron chi connectivity index (χ1n) is 4.70. The molecule has 6 heteroatoms. The molecule has 0 rings (SSSR count). The Balaban J connectivity index is 5.37. The lowest BCUT2D eigenvalue weighted by Gasteiger charge is -2.11. The zero-order valence-electron chi connectivity index (χ0n) is 9.34. The fourth-order valence-corrected chi connectivity index (χ4v) is 0.842. The molecule has 0 unspecified atom stereocenters. The Morgan fingerprint density at radius 1 is 1.00 bits per heavy atom. The Kier molecular flexibility index (Phi) is 5.04. The van der Waals surface area contributed by atoms with Crippen LogP contribution >= 0.6 is 0 Å². The normalized spacial score (nSPS) is 15.1. The van der Waals surface area contributed by atoms with Crippen molar-refractivity contribution in [2.75, 3.05) is 0 Å². The topological polar surface area (TPSA) is 0 Å². The summed E-state index contributed by atoms with van der Waals surface area (Å²) in [5, 5.41) is 0. The lowest BCUT2D eigenvalue weighted by atomic mass is 10.1. The SMILES string of the molecule is C=C(/C=C(\C=C(/C)CC)C(F)(F)F)C(F)(F)F. The van der Waals surface area contributed by atoms with Gasteiger partial charge in [0.2, 0.25) is 0 Å². The van der Waals surface area contributed by atoms with Crippen LogP contribution in [0.1, 0.15) is 20.3 Å². The molecule has 0 aliphatic rings. The minimum atomic E-state index is -4.86. The van der Waals surface area contributed by atoms with E-state index < -0.39 is 23.5 Å². The Labute approximate surface area is 95.3 Å². The number of halogens is 6. The van der Waals surface area contributed by atoms with E-state index in [-0.39, 0.29) is 6.08 Å². The average molecular weight is 258 g/mol. The molecule has 98 valence electrons. The van der Waals surface area contributed by atoms with Gasteiger partial charge in [0.15, 0.2) is 0 Å². The molecule has 0 heterocycles. The predicted molar refractivity (Wildman–Crippen MR) is 53.4 cm³/mol. The van der Waals surface area contributed by atoms with Gasteiger partial charge in [-0.1, -0.05) is 25.2 Å². The van der Waals surface area contributed by atoms with Crippen molar-refractivity contribution in [3.8, 4) is 0 Å². The Morgan fingerprint density at radius 3 is 1.76 bits per heavy atom. The van der Waals surface area contributed by atoms with Gasteiger partial charge in [0.1, 0.15) is 0 Å². The van der Waals surface area contributed by atoms with Gasteiger partial charge in [-0.05, 0) is 19.4 Å². The highest BCUT2D eigenvalue weighted by atomic mass is 19.4. The third-order valence-corrected chi connectivity index (χ3v) is 1.98. The van der Waals surface area contributed by atoms with E-state index in [4.69, 9.17) is 0 Å². The summed E-state index contributed by atoms with van der Waals surface area (Å²) >= 11 is 0. The Morgan fingerprint density at radius 2 is 1.47 bits per heavy atom. The summed E-state index contributed by atoms with van der Waals surface area (Å²) in [6, 6.07) is 0. The standard InChI is InChI=1S/C11H12F6/c1-4-7(2)5-9(11(15,16)17)6-8(3)10(12,13)14/h5-6H,3-4H2,1-2H3/b7-5+,9-6+. The van der Waals surface area contributed by atoms with Crippen LogP contribution in [-0.2, 0) is 0 Å². The van der Waals surface area contributed by atoms with Crippen LogP contribution in [0.5, 0.6) is 0 Å². The van der Waals surface area contributed by atoms with E-state index in [0.717, 1.165) is 0 Å². The molecule has 17 heavy (non-hydrogen) atoms. The first-order valence-corrected chi connectivity index (χ1v) is 4.70. The van der Waals surface area contributed by atoms with E-state index in [1.807, 2.05) is 0 Å². The molecule has 0 atom stereocenters. The van der Waals surface area contributed by atoms with Gasteiger partial charge in [0.05, 0.1) is 5.57 Å². The quantitative estimate of drug-likeness (QED) is 0.496. The van der Waals surface area contributed by atoms with Crippen molar-refractivity contribution in [1.29, 1.82) is 0 Å². The summed E-state index contributed by atoms with van der Waals surface area (Å²) in [6.07, 6.45) is -8.66. The van der Waals surface area contributed by atoms with Crippen LogP contribution in [0.25, 0.3) is 0 Å². The van der Waals surface area contributed by atoms with Crippen molar-refractivity contribution in [2.24, 2.45) is 0 Å². The molecule has 0 aliphatic carbocycles. The molecule has 0 aromatic carbocycles. The molecule has 0 amide bonds. The lowest BCUT2D eigenvalue weighted by Crippen LogP contribution is -2.14. The zero-order valence-corrected chi connectivity index (χ0v) is 9.34. The molecule has 0 fully saturated rings. The van der Waals surface area contributed by atoms with Crippen molar-refractivity contribution in [1.82, 2.24) is 0 Å². The van der Waals surface area contributed by atoms with E-state index in [1.165, 1.54) is 6.92 Å². The Bertz CT molecular complexity index is 340. The largest absolute Gasteiger partial charge is 0.416 e. The predicted octanol–water partition coefficient (Wildman–Crippen LogP) is 4.95. The highest BCUT2D eigenvalue weighted by Gasteiger charge is 2.36. The van der Waals surface area contributed by atoms with E-state index >= 15 is 0 Å². The minimum absolute atomic E-state index is 0.0131. The molecule has 0 bridgehead atoms. The molecule has 0 aliphatic heterocycles. The van der Waals surface area contributed by atoms with Crippen LogP contribution in [0.2, 0.25) is 0 Å². The van der Waals surface area contributed by atoms with Crippen LogP contribution in [0, 0.1) is 0 Å². The zero-order chi connectivity index (χ0) is 13.9. The summed E-state index contributed by atoms with van der Waals surface area (Å²) < 4.78 is 73.6. The molecular formula is C11H12F6. The maximum atomic E-state index is 12.4. The summed E-state index contributed by atoms with van der Waals surface area (Å²) in [4.78, 5) is 0. The van der Waals surface area contributed by atoms with E-state index in [0.29, 0.717) is 18.1 Å². The Hall–Kier alpha value is -1.20. The van der Waals surface area contributed by atoms with Crippen LogP contribution in [0.15, 0.2) is 35.5 Å². The fraction of sp³-hybridized carbons (Fsp3) is 0.455. The number of rotatable bonds is 3. The molecule has 0 nitrogen and oxygen atoms in total. The molecule has 0 aromatic heterocycles. The van der Waals surface area contributed by atoms with Gasteiger partial charge < -0.3 is 0 Å². The molecule has 0 saturated heterocycles. The number of allylic oxidation sites excluding steroid dienone is 5. The van der Waals surface area contributed by atoms with Crippen LogP contribution < -0.4 is 0 Å². The third-order valence-electron chi connectivity index (χ3n) is 1.98. The van der Waals surface area contributed by atoms with Gasteiger partial charge in [-0.3, -0.25) is 0 Å². The highest BCUT2D eigenvalue weighted by Crippen LogP contribution is 2.32. The lowest BCUT2D eigenvalue weighted by molar-refractivity contribution is -0.0932. The second kappa shape index (κ2) is 5.42. The molecule has 0 spiro atoms. The van der Waals surface area contributed by atoms with E-state index in [9.17, 15) is 26.3 Å². The van der Waals surface area contributed by atoms with Crippen LogP contribution in [0.4, 0.5) is 26.3 Å². The van der Waals surface area contributed by atoms with Gasteiger partial charge in [0, 0.05) is 5.57 Å². The highest BCUT2D eigenvalue weighted by molar-refractivity contribution is 5.35. The minimum Gasteiger partial charge on any atom is -0.166 e.